The van der Waals surface area contributed by atoms with Crippen molar-refractivity contribution >= 4 is 11.5 Å². The van der Waals surface area contributed by atoms with Crippen molar-refractivity contribution in [1.82, 2.24) is 0 Å². The van der Waals surface area contributed by atoms with Gasteiger partial charge in [0.2, 0.25) is 0 Å². The lowest BCUT2D eigenvalue weighted by Gasteiger charge is -2.11. The molecular formula is C14H16O4. The summed E-state index contributed by atoms with van der Waals surface area (Å²) in [6.07, 6.45) is 2.97. The van der Waals surface area contributed by atoms with Gasteiger partial charge in [0.25, 0.3) is 0 Å². The lowest BCUT2D eigenvalue weighted by molar-refractivity contribution is -0.133. The Labute approximate surface area is 106 Å². The minimum atomic E-state index is -0.480. The maximum atomic E-state index is 11.7. The van der Waals surface area contributed by atoms with E-state index >= 15 is 0 Å². The van der Waals surface area contributed by atoms with E-state index in [1.165, 1.54) is 20.5 Å². The molecule has 1 rings (SSSR count). The summed E-state index contributed by atoms with van der Waals surface area (Å²) in [4.78, 5) is 11.7. The van der Waals surface area contributed by atoms with Crippen LogP contribution in [0.5, 0.6) is 5.75 Å². The molecule has 1 aromatic rings. The third-order valence-corrected chi connectivity index (χ3v) is 2.17. The van der Waals surface area contributed by atoms with Crippen LogP contribution in [0, 0.1) is 0 Å². The smallest absolute Gasteiger partial charge is 0.341 e. The van der Waals surface area contributed by atoms with Gasteiger partial charge in [0.1, 0.15) is 17.9 Å². The van der Waals surface area contributed by atoms with Crippen LogP contribution < -0.4 is 4.74 Å². The molecule has 0 atom stereocenters. The van der Waals surface area contributed by atoms with E-state index in [4.69, 9.17) is 14.2 Å². The number of rotatable bonds is 6. The molecule has 0 unspecified atom stereocenters. The molecule has 0 aliphatic heterocycles. The minimum Gasteiger partial charge on any atom is -0.503 e. The van der Waals surface area contributed by atoms with Crippen LogP contribution in [-0.4, -0.2) is 26.8 Å². The second-order valence-corrected chi connectivity index (χ2v) is 3.35. The number of hydrogen-bond acceptors (Lipinski definition) is 4. The fraction of sp³-hybridized carbons (Fsp3) is 0.214. The van der Waals surface area contributed by atoms with E-state index in [1.54, 1.807) is 18.2 Å². The molecular weight excluding hydrogens is 232 g/mol. The number of benzene rings is 1. The Morgan fingerprint density at radius 2 is 2.06 bits per heavy atom. The summed E-state index contributed by atoms with van der Waals surface area (Å²) in [7, 11) is 2.79. The first-order chi connectivity index (χ1) is 8.74. The summed E-state index contributed by atoms with van der Waals surface area (Å²) in [5, 5.41) is 0. The summed E-state index contributed by atoms with van der Waals surface area (Å²) < 4.78 is 15.1. The number of carbonyl (C=O) groups excluding carboxylic acids is 1. The quantitative estimate of drug-likeness (QED) is 0.335. The summed E-state index contributed by atoms with van der Waals surface area (Å²) in [5.41, 5.74) is 0.924. The van der Waals surface area contributed by atoms with Gasteiger partial charge in [-0.2, -0.15) is 0 Å². The predicted molar refractivity (Wildman–Crippen MR) is 69.1 cm³/mol. The van der Waals surface area contributed by atoms with Gasteiger partial charge in [0.05, 0.1) is 20.5 Å². The second kappa shape index (κ2) is 7.17. The van der Waals surface area contributed by atoms with Crippen molar-refractivity contribution < 1.29 is 19.0 Å². The van der Waals surface area contributed by atoms with Crippen molar-refractivity contribution in [2.24, 2.45) is 0 Å². The first-order valence-corrected chi connectivity index (χ1v) is 5.39. The van der Waals surface area contributed by atoms with Gasteiger partial charge in [0.15, 0.2) is 0 Å². The lowest BCUT2D eigenvalue weighted by atomic mass is 10.1. The fourth-order valence-electron chi connectivity index (χ4n) is 1.41. The van der Waals surface area contributed by atoms with Crippen molar-refractivity contribution in [3.8, 4) is 5.75 Å². The van der Waals surface area contributed by atoms with Gasteiger partial charge in [-0.25, -0.2) is 4.79 Å². The van der Waals surface area contributed by atoms with Crippen molar-refractivity contribution in [1.29, 1.82) is 0 Å². The van der Waals surface area contributed by atoms with Crippen LogP contribution in [0.15, 0.2) is 43.2 Å². The van der Waals surface area contributed by atoms with Crippen LogP contribution >= 0.6 is 0 Å². The van der Waals surface area contributed by atoms with E-state index in [0.29, 0.717) is 23.5 Å². The highest BCUT2D eigenvalue weighted by molar-refractivity contribution is 6.16. The average molecular weight is 248 g/mol. The maximum Gasteiger partial charge on any atom is 0.341 e. The summed E-state index contributed by atoms with van der Waals surface area (Å²) in [5.74, 6) is 0.0950. The van der Waals surface area contributed by atoms with E-state index in [2.05, 4.69) is 6.58 Å². The Morgan fingerprint density at radius 3 is 2.67 bits per heavy atom. The third-order valence-electron chi connectivity index (χ3n) is 2.17. The van der Waals surface area contributed by atoms with Crippen molar-refractivity contribution in [3.05, 3.63) is 48.7 Å². The molecule has 0 radical (unpaired) electrons. The zero-order valence-electron chi connectivity index (χ0n) is 10.5. The Kier molecular flexibility index (Phi) is 5.51. The fourth-order valence-corrected chi connectivity index (χ4v) is 1.41. The number of carbonyl (C=O) groups is 1. The van der Waals surface area contributed by atoms with E-state index < -0.39 is 5.97 Å². The third kappa shape index (κ3) is 3.38. The van der Waals surface area contributed by atoms with Crippen LogP contribution in [0.3, 0.4) is 0 Å². The van der Waals surface area contributed by atoms with Gasteiger partial charge in [-0.1, -0.05) is 30.9 Å². The van der Waals surface area contributed by atoms with Crippen LogP contribution in [0.2, 0.25) is 0 Å². The molecule has 0 heterocycles. The Balaban J connectivity index is 3.15. The Morgan fingerprint density at radius 1 is 1.33 bits per heavy atom. The minimum absolute atomic E-state index is 0.305. The van der Waals surface area contributed by atoms with Gasteiger partial charge in [-0.15, -0.1) is 0 Å². The molecule has 0 fully saturated rings. The van der Waals surface area contributed by atoms with Gasteiger partial charge in [-0.05, 0) is 6.07 Å². The first-order valence-electron chi connectivity index (χ1n) is 5.39. The highest BCUT2D eigenvalue weighted by Gasteiger charge is 2.17. The van der Waals surface area contributed by atoms with E-state index in [1.807, 2.05) is 12.1 Å². The van der Waals surface area contributed by atoms with Crippen molar-refractivity contribution in [3.63, 3.8) is 0 Å². The summed E-state index contributed by atoms with van der Waals surface area (Å²) in [6.45, 7) is 3.94. The second-order valence-electron chi connectivity index (χ2n) is 3.35. The van der Waals surface area contributed by atoms with Crippen molar-refractivity contribution in [2.45, 2.75) is 0 Å². The average Bonchev–Trinajstić information content (AvgIpc) is 2.42. The lowest BCUT2D eigenvalue weighted by Crippen LogP contribution is -2.06. The van der Waals surface area contributed by atoms with Gasteiger partial charge in [0, 0.05) is 5.56 Å². The topological polar surface area (TPSA) is 44.8 Å². The van der Waals surface area contributed by atoms with Crippen LogP contribution in [-0.2, 0) is 14.3 Å². The molecule has 0 N–H and O–H groups in total. The van der Waals surface area contributed by atoms with Crippen LogP contribution in [0.25, 0.3) is 5.57 Å². The number of esters is 1. The highest BCUT2D eigenvalue weighted by Crippen LogP contribution is 2.26. The SMILES string of the molecule is C=CCOc1ccccc1/C(=C\OC)C(=O)OC. The molecule has 0 bridgehead atoms. The molecule has 0 spiro atoms. The molecule has 4 heteroatoms. The molecule has 18 heavy (non-hydrogen) atoms. The predicted octanol–water partition coefficient (Wildman–Crippen LogP) is 2.41. The van der Waals surface area contributed by atoms with E-state index in [-0.39, 0.29) is 0 Å². The van der Waals surface area contributed by atoms with Gasteiger partial charge in [-0.3, -0.25) is 0 Å². The molecule has 4 nitrogen and oxygen atoms in total. The standard InChI is InChI=1S/C14H16O4/c1-4-9-18-13-8-6-5-7-11(13)12(10-16-2)14(15)17-3/h4-8,10H,1,9H2,2-3H3/b12-10+. The normalized spacial score (nSPS) is 10.7. The largest absolute Gasteiger partial charge is 0.503 e. The number of para-hydroxylation sites is 1. The zero-order valence-corrected chi connectivity index (χ0v) is 10.5. The van der Waals surface area contributed by atoms with Crippen LogP contribution in [0.4, 0.5) is 0 Å². The summed E-state index contributed by atoms with van der Waals surface area (Å²) >= 11 is 0. The number of hydrogen-bond donors (Lipinski definition) is 0. The number of ether oxygens (including phenoxy) is 3. The monoisotopic (exact) mass is 248 g/mol. The molecule has 0 saturated carbocycles. The Hall–Kier alpha value is -2.23. The molecule has 0 saturated heterocycles. The Bertz CT molecular complexity index is 449. The molecule has 96 valence electrons. The number of methoxy groups -OCH3 is 2. The molecule has 0 amide bonds. The van der Waals surface area contributed by atoms with E-state index in [0.717, 1.165) is 0 Å². The molecule has 1 aromatic carbocycles. The molecule has 0 aliphatic carbocycles. The summed E-state index contributed by atoms with van der Waals surface area (Å²) in [6, 6.07) is 7.16. The van der Waals surface area contributed by atoms with Gasteiger partial charge >= 0.3 is 5.97 Å². The zero-order chi connectivity index (χ0) is 13.4. The van der Waals surface area contributed by atoms with Gasteiger partial charge < -0.3 is 14.2 Å². The highest BCUT2D eigenvalue weighted by atomic mass is 16.5. The van der Waals surface area contributed by atoms with Crippen LogP contribution in [0.1, 0.15) is 5.56 Å². The maximum absolute atomic E-state index is 11.7. The van der Waals surface area contributed by atoms with E-state index in [9.17, 15) is 4.79 Å². The molecule has 0 aliphatic rings. The van der Waals surface area contributed by atoms with Crippen molar-refractivity contribution in [2.75, 3.05) is 20.8 Å². The first kappa shape index (κ1) is 13.8. The molecule has 0 aromatic heterocycles.